The molecule has 0 radical (unpaired) electrons. The average Bonchev–Trinajstić information content (AvgIpc) is 2.70. The summed E-state index contributed by atoms with van der Waals surface area (Å²) in [7, 11) is 0. The van der Waals surface area contributed by atoms with Crippen LogP contribution in [0.15, 0.2) is 28.9 Å². The third-order valence-electron chi connectivity index (χ3n) is 2.07. The minimum atomic E-state index is -0.480. The second kappa shape index (κ2) is 4.54. The second-order valence-electron chi connectivity index (χ2n) is 3.28. The Kier molecular flexibility index (Phi) is 3.10. The highest BCUT2D eigenvalue weighted by molar-refractivity contribution is 9.10. The van der Waals surface area contributed by atoms with Crippen molar-refractivity contribution in [1.29, 1.82) is 0 Å². The number of nitrogens with one attached hydrogen (secondary N) is 2. The van der Waals surface area contributed by atoms with E-state index in [0.29, 0.717) is 10.2 Å². The summed E-state index contributed by atoms with van der Waals surface area (Å²) in [6.07, 6.45) is 1.33. The zero-order valence-electron chi connectivity index (χ0n) is 8.50. The number of benzene rings is 1. The molecule has 17 heavy (non-hydrogen) atoms. The lowest BCUT2D eigenvalue weighted by Gasteiger charge is -2.06. The van der Waals surface area contributed by atoms with Crippen molar-refractivity contribution >= 4 is 33.2 Å². The third-order valence-corrected chi connectivity index (χ3v) is 2.76. The Morgan fingerprint density at radius 3 is 2.94 bits per heavy atom. The first-order valence-corrected chi connectivity index (χ1v) is 5.42. The molecule has 0 saturated heterocycles. The largest absolute Gasteiger partial charge is 0.396 e. The standard InChI is InChI=1S/C10H8BrFN4O/c11-6-2-1-5(12)3-8(6)15-10(17)9-7(13)4-14-16-9/h1-4H,13H2,(H,14,16)(H,15,17). The van der Waals surface area contributed by atoms with Crippen molar-refractivity contribution in [3.63, 3.8) is 0 Å². The maximum absolute atomic E-state index is 13.0. The first kappa shape index (κ1) is 11.6. The smallest absolute Gasteiger partial charge is 0.275 e. The van der Waals surface area contributed by atoms with Crippen molar-refractivity contribution in [3.05, 3.63) is 40.4 Å². The Balaban J connectivity index is 2.24. The molecule has 0 spiro atoms. The number of hydrogen-bond donors (Lipinski definition) is 3. The van der Waals surface area contributed by atoms with Crippen LogP contribution in [-0.2, 0) is 0 Å². The number of hydrogen-bond acceptors (Lipinski definition) is 3. The molecule has 5 nitrogen and oxygen atoms in total. The number of carbonyl (C=O) groups is 1. The van der Waals surface area contributed by atoms with Gasteiger partial charge in [-0.1, -0.05) is 0 Å². The van der Waals surface area contributed by atoms with Gasteiger partial charge in [-0.15, -0.1) is 0 Å². The highest BCUT2D eigenvalue weighted by Gasteiger charge is 2.13. The van der Waals surface area contributed by atoms with E-state index in [2.05, 4.69) is 31.4 Å². The average molecular weight is 299 g/mol. The van der Waals surface area contributed by atoms with E-state index in [1.165, 1.54) is 24.4 Å². The quantitative estimate of drug-likeness (QED) is 0.794. The van der Waals surface area contributed by atoms with E-state index in [1.54, 1.807) is 0 Å². The van der Waals surface area contributed by atoms with Crippen molar-refractivity contribution in [3.8, 4) is 0 Å². The van der Waals surface area contributed by atoms with Crippen LogP contribution in [0.5, 0.6) is 0 Å². The number of anilines is 2. The van der Waals surface area contributed by atoms with Crippen molar-refractivity contribution in [1.82, 2.24) is 10.2 Å². The molecular weight excluding hydrogens is 291 g/mol. The summed E-state index contributed by atoms with van der Waals surface area (Å²) >= 11 is 3.20. The van der Waals surface area contributed by atoms with E-state index in [1.807, 2.05) is 0 Å². The van der Waals surface area contributed by atoms with Gasteiger partial charge < -0.3 is 11.1 Å². The van der Waals surface area contributed by atoms with E-state index in [-0.39, 0.29) is 11.4 Å². The lowest BCUT2D eigenvalue weighted by molar-refractivity contribution is 0.102. The zero-order valence-corrected chi connectivity index (χ0v) is 10.1. The van der Waals surface area contributed by atoms with Crippen LogP contribution in [0.1, 0.15) is 10.5 Å². The molecule has 1 heterocycles. The van der Waals surface area contributed by atoms with Crippen LogP contribution in [0.4, 0.5) is 15.8 Å². The Morgan fingerprint density at radius 2 is 2.29 bits per heavy atom. The minimum Gasteiger partial charge on any atom is -0.396 e. The number of amides is 1. The molecule has 0 unspecified atom stereocenters. The maximum atomic E-state index is 13.0. The van der Waals surface area contributed by atoms with Gasteiger partial charge in [0, 0.05) is 4.47 Å². The van der Waals surface area contributed by atoms with E-state index in [9.17, 15) is 9.18 Å². The summed E-state index contributed by atoms with van der Waals surface area (Å²) in [5.41, 5.74) is 6.22. The summed E-state index contributed by atoms with van der Waals surface area (Å²) < 4.78 is 13.6. The van der Waals surface area contributed by atoms with Crippen LogP contribution >= 0.6 is 15.9 Å². The van der Waals surface area contributed by atoms with Gasteiger partial charge in [-0.2, -0.15) is 5.10 Å². The van der Waals surface area contributed by atoms with Crippen LogP contribution in [0.25, 0.3) is 0 Å². The summed E-state index contributed by atoms with van der Waals surface area (Å²) in [5.74, 6) is -0.924. The summed E-state index contributed by atoms with van der Waals surface area (Å²) in [6, 6.07) is 3.99. The number of carbonyl (C=O) groups excluding carboxylic acids is 1. The molecule has 2 aromatic rings. The predicted molar refractivity (Wildman–Crippen MR) is 65.1 cm³/mol. The molecular formula is C10H8BrFN4O. The van der Waals surface area contributed by atoms with Gasteiger partial charge in [0.25, 0.3) is 5.91 Å². The summed E-state index contributed by atoms with van der Waals surface area (Å²) in [6.45, 7) is 0. The van der Waals surface area contributed by atoms with E-state index in [4.69, 9.17) is 5.73 Å². The number of nitrogens with zero attached hydrogens (tertiary/aromatic N) is 1. The first-order chi connectivity index (χ1) is 8.08. The molecule has 88 valence electrons. The van der Waals surface area contributed by atoms with Gasteiger partial charge in [0.15, 0.2) is 0 Å². The maximum Gasteiger partial charge on any atom is 0.275 e. The predicted octanol–water partition coefficient (Wildman–Crippen LogP) is 2.15. The van der Waals surface area contributed by atoms with Crippen molar-refractivity contribution in [2.24, 2.45) is 0 Å². The van der Waals surface area contributed by atoms with Gasteiger partial charge in [0.05, 0.1) is 17.6 Å². The Hall–Kier alpha value is -1.89. The first-order valence-electron chi connectivity index (χ1n) is 4.63. The zero-order chi connectivity index (χ0) is 12.4. The monoisotopic (exact) mass is 298 g/mol. The second-order valence-corrected chi connectivity index (χ2v) is 4.13. The van der Waals surface area contributed by atoms with Crippen LogP contribution in [0, 0.1) is 5.82 Å². The normalized spacial score (nSPS) is 10.2. The Labute approximate surface area is 104 Å². The van der Waals surface area contributed by atoms with Crippen LogP contribution in [0.3, 0.4) is 0 Å². The van der Waals surface area contributed by atoms with E-state index in [0.717, 1.165) is 0 Å². The van der Waals surface area contributed by atoms with Gasteiger partial charge in [-0.25, -0.2) is 4.39 Å². The highest BCUT2D eigenvalue weighted by atomic mass is 79.9. The summed E-state index contributed by atoms with van der Waals surface area (Å²) in [4.78, 5) is 11.8. The van der Waals surface area contributed by atoms with E-state index >= 15 is 0 Å². The van der Waals surface area contributed by atoms with Gasteiger partial charge in [-0.3, -0.25) is 9.89 Å². The molecule has 1 aromatic carbocycles. The molecule has 0 aliphatic rings. The fraction of sp³-hybridized carbons (Fsp3) is 0. The van der Waals surface area contributed by atoms with Crippen molar-refractivity contribution < 1.29 is 9.18 Å². The van der Waals surface area contributed by atoms with Crippen LogP contribution in [-0.4, -0.2) is 16.1 Å². The van der Waals surface area contributed by atoms with Crippen molar-refractivity contribution in [2.75, 3.05) is 11.1 Å². The highest BCUT2D eigenvalue weighted by Crippen LogP contribution is 2.23. The lowest BCUT2D eigenvalue weighted by atomic mass is 10.3. The molecule has 1 amide bonds. The SMILES string of the molecule is Nc1cn[nH]c1C(=O)Nc1cc(F)ccc1Br. The summed E-state index contributed by atoms with van der Waals surface area (Å²) in [5, 5.41) is 8.61. The van der Waals surface area contributed by atoms with Gasteiger partial charge in [0.1, 0.15) is 11.5 Å². The molecule has 7 heteroatoms. The molecule has 0 bridgehead atoms. The Morgan fingerprint density at radius 1 is 1.53 bits per heavy atom. The molecule has 0 fully saturated rings. The van der Waals surface area contributed by atoms with Gasteiger partial charge in [-0.05, 0) is 34.1 Å². The topological polar surface area (TPSA) is 83.8 Å². The minimum absolute atomic E-state index is 0.140. The number of rotatable bonds is 2. The van der Waals surface area contributed by atoms with E-state index < -0.39 is 11.7 Å². The number of halogens is 2. The van der Waals surface area contributed by atoms with Crippen LogP contribution < -0.4 is 11.1 Å². The van der Waals surface area contributed by atoms with Crippen molar-refractivity contribution in [2.45, 2.75) is 0 Å². The molecule has 0 saturated carbocycles. The molecule has 1 aromatic heterocycles. The molecule has 0 aliphatic carbocycles. The molecule has 0 aliphatic heterocycles. The molecule has 0 atom stereocenters. The number of H-pyrrole nitrogens is 1. The fourth-order valence-electron chi connectivity index (χ4n) is 1.26. The molecule has 4 N–H and O–H groups in total. The number of nitrogen functional groups attached to an aromatic ring is 1. The number of aromatic nitrogens is 2. The molecule has 2 rings (SSSR count). The van der Waals surface area contributed by atoms with Gasteiger partial charge in [0.2, 0.25) is 0 Å². The van der Waals surface area contributed by atoms with Gasteiger partial charge >= 0.3 is 0 Å². The van der Waals surface area contributed by atoms with Crippen LogP contribution in [0.2, 0.25) is 0 Å². The lowest BCUT2D eigenvalue weighted by Crippen LogP contribution is -2.14. The fourth-order valence-corrected chi connectivity index (χ4v) is 1.60. The Bertz CT molecular complexity index is 569. The number of aromatic amines is 1. The third kappa shape index (κ3) is 2.44. The number of nitrogens with two attached hydrogens (primary N) is 1.